The molecule has 0 aliphatic rings. The summed E-state index contributed by atoms with van der Waals surface area (Å²) in [4.78, 5) is 0. The maximum absolute atomic E-state index is 3.99. The third kappa shape index (κ3) is 6.16. The van der Waals surface area contributed by atoms with Crippen LogP contribution in [-0.4, -0.2) is 10.8 Å². The van der Waals surface area contributed by atoms with Crippen molar-refractivity contribution in [1.29, 1.82) is 0 Å². The fourth-order valence-corrected chi connectivity index (χ4v) is 16.7. The monoisotopic (exact) mass is 613 g/mol. The fourth-order valence-electron chi connectivity index (χ4n) is 3.53. The van der Waals surface area contributed by atoms with E-state index in [1.807, 2.05) is 0 Å². The van der Waals surface area contributed by atoms with E-state index in [-0.39, 0.29) is 9.87 Å². The third-order valence-corrected chi connectivity index (χ3v) is 17.4. The van der Waals surface area contributed by atoms with E-state index in [0.717, 1.165) is 6.16 Å². The average molecular weight is 616 g/mol. The van der Waals surface area contributed by atoms with Crippen LogP contribution in [0, 0.1) is 0 Å². The van der Waals surface area contributed by atoms with Crippen LogP contribution in [0.1, 0.15) is 0 Å². The third-order valence-electron chi connectivity index (χ3n) is 4.95. The molecule has 4 aromatic carbocycles. The van der Waals surface area contributed by atoms with Crippen molar-refractivity contribution in [2.75, 3.05) is 6.16 Å². The van der Waals surface area contributed by atoms with E-state index in [1.54, 1.807) is 0 Å². The number of halogens is 2. The van der Waals surface area contributed by atoms with E-state index >= 15 is 0 Å². The first-order valence-corrected chi connectivity index (χ1v) is 18.3. The topological polar surface area (TPSA) is 0 Å². The molecule has 0 N–H and O–H groups in total. The van der Waals surface area contributed by atoms with Crippen molar-refractivity contribution in [1.82, 2.24) is 0 Å². The van der Waals surface area contributed by atoms with Gasteiger partial charge in [-0.05, 0) is 0 Å². The average Bonchev–Trinajstić information content (AvgIpc) is 2.84. The number of hydrogen-bond donors (Lipinski definition) is 0. The normalized spacial score (nSPS) is 12.7. The van der Waals surface area contributed by atoms with Crippen LogP contribution in [0.25, 0.3) is 0 Å². The van der Waals surface area contributed by atoms with Crippen molar-refractivity contribution >= 4 is 65.5 Å². The van der Waals surface area contributed by atoms with Gasteiger partial charge in [0.1, 0.15) is 0 Å². The van der Waals surface area contributed by atoms with E-state index in [1.165, 1.54) is 21.2 Å². The van der Waals surface area contributed by atoms with Gasteiger partial charge in [0, 0.05) is 0 Å². The zero-order chi connectivity index (χ0) is 21.5. The molecule has 0 aliphatic heterocycles. The predicted octanol–water partition coefficient (Wildman–Crippen LogP) is 6.82. The molecular weight excluding hydrogens is 593 g/mol. The summed E-state index contributed by atoms with van der Waals surface area (Å²) in [6.07, 6.45) is 1.13. The second-order valence-corrected chi connectivity index (χ2v) is 20.4. The summed E-state index contributed by atoms with van der Waals surface area (Å²) in [7, 11) is -1.23. The molecular formula is C26H23Br2NiP2. The number of hydrogen-bond acceptors (Lipinski definition) is 0. The van der Waals surface area contributed by atoms with Crippen molar-refractivity contribution in [3.63, 3.8) is 0 Å². The van der Waals surface area contributed by atoms with Crippen LogP contribution in [0.15, 0.2) is 121 Å². The molecule has 0 fully saturated rings. The van der Waals surface area contributed by atoms with Gasteiger partial charge in [0.25, 0.3) is 0 Å². The fraction of sp³-hybridized carbons (Fsp3) is 0.0769. The van der Waals surface area contributed by atoms with Gasteiger partial charge < -0.3 is 0 Å². The Kier molecular flexibility index (Phi) is 8.95. The molecule has 0 saturated heterocycles. The number of benzene rings is 4. The van der Waals surface area contributed by atoms with Crippen molar-refractivity contribution < 1.29 is 9.87 Å². The van der Waals surface area contributed by atoms with Gasteiger partial charge in [0.2, 0.25) is 0 Å². The first kappa shape index (κ1) is 23.4. The molecule has 0 radical (unpaired) electrons. The van der Waals surface area contributed by atoms with Crippen LogP contribution < -0.4 is 21.2 Å². The van der Waals surface area contributed by atoms with Gasteiger partial charge in [-0.1, -0.05) is 0 Å². The minimum atomic E-state index is -0.526. The first-order chi connectivity index (χ1) is 15.2. The van der Waals surface area contributed by atoms with Gasteiger partial charge in [-0.3, -0.25) is 0 Å². The Labute approximate surface area is 206 Å². The number of rotatable bonds is 8. The summed E-state index contributed by atoms with van der Waals surface area (Å²) >= 11 is 7.99. The van der Waals surface area contributed by atoms with Gasteiger partial charge >= 0.3 is 208 Å². The standard InChI is InChI=1S/C26H23P2.2BrH.Ni/c1-5-13-23(14-6-1)27(24-15-7-2-8-16-24)21-22-28(25-17-9-3-10-18-25)26-19-11-4-12-20-26;;;/h1-21H,22H2;2*1H;/q;;;+2/p-2. The molecule has 0 bridgehead atoms. The Balaban J connectivity index is 1.78. The Bertz CT molecular complexity index is 969. The van der Waals surface area contributed by atoms with Crippen molar-refractivity contribution in [3.8, 4) is 0 Å². The van der Waals surface area contributed by atoms with Gasteiger partial charge in [-0.2, -0.15) is 0 Å². The van der Waals surface area contributed by atoms with Gasteiger partial charge in [-0.15, -0.1) is 0 Å². The summed E-state index contributed by atoms with van der Waals surface area (Å²) in [5.74, 6) is 0. The zero-order valence-corrected chi connectivity index (χ0v) is 22.7. The van der Waals surface area contributed by atoms with E-state index in [0.29, 0.717) is 4.63 Å². The van der Waals surface area contributed by atoms with E-state index in [4.69, 9.17) is 0 Å². The van der Waals surface area contributed by atoms with Crippen LogP contribution in [0.5, 0.6) is 0 Å². The zero-order valence-electron chi connectivity index (χ0n) is 16.8. The van der Waals surface area contributed by atoms with Crippen molar-refractivity contribution in [3.05, 3.63) is 121 Å². The molecule has 0 amide bonds. The Morgan fingerprint density at radius 2 is 0.839 bits per heavy atom. The SMILES string of the molecule is [Br][Ni]([Br])[CH](CP(c1ccccc1)c1ccccc1)P(c1ccccc1)c1ccccc1. The minimum absolute atomic E-state index is 0.237. The summed E-state index contributed by atoms with van der Waals surface area (Å²) < 4.78 is 0.478. The second kappa shape index (κ2) is 11.9. The molecule has 0 nitrogen and oxygen atoms in total. The second-order valence-electron chi connectivity index (χ2n) is 6.90. The van der Waals surface area contributed by atoms with Crippen LogP contribution in [-0.2, 0) is 9.87 Å². The van der Waals surface area contributed by atoms with Crippen molar-refractivity contribution in [2.45, 2.75) is 4.63 Å². The van der Waals surface area contributed by atoms with E-state index < -0.39 is 15.8 Å². The molecule has 0 heterocycles. The van der Waals surface area contributed by atoms with Gasteiger partial charge in [0.05, 0.1) is 0 Å². The molecule has 4 rings (SSSR count). The Morgan fingerprint density at radius 3 is 1.16 bits per heavy atom. The molecule has 0 saturated carbocycles. The van der Waals surface area contributed by atoms with E-state index in [2.05, 4.69) is 150 Å². The van der Waals surface area contributed by atoms with Crippen LogP contribution >= 0.6 is 44.3 Å². The molecule has 0 aromatic heterocycles. The molecule has 4 aromatic rings. The summed E-state index contributed by atoms with van der Waals surface area (Å²) in [6, 6.07) is 44.2. The Morgan fingerprint density at radius 1 is 0.516 bits per heavy atom. The predicted molar refractivity (Wildman–Crippen MR) is 145 cm³/mol. The maximum atomic E-state index is 3.99. The molecule has 1 unspecified atom stereocenters. The van der Waals surface area contributed by atoms with Crippen LogP contribution in [0.3, 0.4) is 0 Å². The van der Waals surface area contributed by atoms with E-state index in [9.17, 15) is 0 Å². The summed E-state index contributed by atoms with van der Waals surface area (Å²) in [6.45, 7) is 0. The van der Waals surface area contributed by atoms with Crippen LogP contribution in [0.4, 0.5) is 0 Å². The van der Waals surface area contributed by atoms with Gasteiger partial charge in [-0.25, -0.2) is 0 Å². The molecule has 0 spiro atoms. The molecule has 161 valence electrons. The summed E-state index contributed by atoms with van der Waals surface area (Å²) in [5.41, 5.74) is 0. The van der Waals surface area contributed by atoms with Crippen molar-refractivity contribution in [2.24, 2.45) is 0 Å². The molecule has 1 atom stereocenters. The molecule has 0 aliphatic carbocycles. The quantitative estimate of drug-likeness (QED) is 0.151. The molecule has 31 heavy (non-hydrogen) atoms. The van der Waals surface area contributed by atoms with Crippen LogP contribution in [0.2, 0.25) is 0 Å². The first-order valence-electron chi connectivity index (χ1n) is 9.94. The summed E-state index contributed by atoms with van der Waals surface area (Å²) in [5, 5.41) is 5.75. The molecule has 5 heteroatoms. The Hall–Kier alpha value is -0.806. The van der Waals surface area contributed by atoms with Gasteiger partial charge in [0.15, 0.2) is 0 Å².